The van der Waals surface area contributed by atoms with Crippen molar-refractivity contribution >= 4 is 34.9 Å². The number of fused-ring (bicyclic) bond motifs is 1. The van der Waals surface area contributed by atoms with Crippen molar-refractivity contribution in [1.29, 1.82) is 0 Å². The topological polar surface area (TPSA) is 88.4 Å². The van der Waals surface area contributed by atoms with Crippen LogP contribution in [0.15, 0.2) is 97.2 Å². The van der Waals surface area contributed by atoms with Crippen LogP contribution in [0.25, 0.3) is 11.3 Å². The van der Waals surface area contributed by atoms with Crippen LogP contribution in [-0.2, 0) is 17.8 Å². The van der Waals surface area contributed by atoms with Gasteiger partial charge in [-0.05, 0) is 65.7 Å². The van der Waals surface area contributed by atoms with Gasteiger partial charge in [-0.25, -0.2) is 4.79 Å². The SMILES string of the molecule is O=C(Nc1ccc(-c2cccc[n+]2[O-])cc1)C1Cc2ccccc2CN1C(=O)Nc1ccc(Cl)cc1. The molecule has 0 fully saturated rings. The summed E-state index contributed by atoms with van der Waals surface area (Å²) < 4.78 is 0.796. The van der Waals surface area contributed by atoms with E-state index in [0.29, 0.717) is 35.1 Å². The van der Waals surface area contributed by atoms with Crippen molar-refractivity contribution < 1.29 is 14.3 Å². The van der Waals surface area contributed by atoms with Gasteiger partial charge < -0.3 is 20.7 Å². The molecule has 7 nitrogen and oxygen atoms in total. The van der Waals surface area contributed by atoms with Gasteiger partial charge in [-0.2, -0.15) is 4.73 Å². The Labute approximate surface area is 213 Å². The zero-order valence-electron chi connectivity index (χ0n) is 19.2. The van der Waals surface area contributed by atoms with Crippen LogP contribution < -0.4 is 15.4 Å². The van der Waals surface area contributed by atoms with Crippen molar-refractivity contribution in [3.63, 3.8) is 0 Å². The van der Waals surface area contributed by atoms with Gasteiger partial charge in [0, 0.05) is 47.1 Å². The summed E-state index contributed by atoms with van der Waals surface area (Å²) in [6.45, 7) is 0.310. The summed E-state index contributed by atoms with van der Waals surface area (Å²) in [6, 6.07) is 25.8. The van der Waals surface area contributed by atoms with E-state index in [1.165, 1.54) is 6.20 Å². The number of aromatic nitrogens is 1. The molecule has 0 spiro atoms. The number of amides is 3. The first-order chi connectivity index (χ1) is 17.5. The number of anilines is 2. The van der Waals surface area contributed by atoms with E-state index in [2.05, 4.69) is 10.6 Å². The maximum Gasteiger partial charge on any atom is 0.322 e. The number of rotatable bonds is 4. The lowest BCUT2D eigenvalue weighted by atomic mass is 9.93. The van der Waals surface area contributed by atoms with Gasteiger partial charge in [0.15, 0.2) is 6.20 Å². The lowest BCUT2D eigenvalue weighted by Gasteiger charge is -2.36. The molecular weight excluding hydrogens is 476 g/mol. The Morgan fingerprint density at radius 3 is 2.19 bits per heavy atom. The molecule has 5 rings (SSSR count). The van der Waals surface area contributed by atoms with Gasteiger partial charge in [-0.15, -0.1) is 0 Å². The lowest BCUT2D eigenvalue weighted by molar-refractivity contribution is -0.593. The third kappa shape index (κ3) is 5.01. The zero-order chi connectivity index (χ0) is 25.1. The van der Waals surface area contributed by atoms with Crippen LogP contribution in [0.5, 0.6) is 0 Å². The van der Waals surface area contributed by atoms with E-state index < -0.39 is 6.04 Å². The van der Waals surface area contributed by atoms with Gasteiger partial charge in [-0.1, -0.05) is 35.9 Å². The second-order valence-electron chi connectivity index (χ2n) is 8.53. The monoisotopic (exact) mass is 498 g/mol. The Balaban J connectivity index is 1.36. The molecule has 3 amide bonds. The normalized spacial score (nSPS) is 14.6. The molecule has 1 atom stereocenters. The highest BCUT2D eigenvalue weighted by atomic mass is 35.5. The van der Waals surface area contributed by atoms with Crippen LogP contribution in [0.2, 0.25) is 5.02 Å². The highest BCUT2D eigenvalue weighted by Crippen LogP contribution is 2.26. The molecule has 8 heteroatoms. The molecule has 1 aliphatic rings. The molecule has 1 unspecified atom stereocenters. The quantitative estimate of drug-likeness (QED) is 0.298. The van der Waals surface area contributed by atoms with Gasteiger partial charge in [0.1, 0.15) is 6.04 Å². The summed E-state index contributed by atoms with van der Waals surface area (Å²) in [4.78, 5) is 28.2. The average Bonchev–Trinajstić information content (AvgIpc) is 2.90. The minimum absolute atomic E-state index is 0.290. The number of hydrogen-bond donors (Lipinski definition) is 2. The smallest absolute Gasteiger partial charge is 0.322 e. The maximum atomic E-state index is 13.4. The zero-order valence-corrected chi connectivity index (χ0v) is 20.0. The van der Waals surface area contributed by atoms with Crippen molar-refractivity contribution in [2.45, 2.75) is 19.0 Å². The number of hydrogen-bond acceptors (Lipinski definition) is 3. The van der Waals surface area contributed by atoms with Crippen LogP contribution in [0.1, 0.15) is 11.1 Å². The van der Waals surface area contributed by atoms with E-state index in [1.807, 2.05) is 24.3 Å². The molecule has 0 radical (unpaired) electrons. The molecule has 0 saturated heterocycles. The fraction of sp³-hybridized carbons (Fsp3) is 0.107. The minimum atomic E-state index is -0.704. The number of carbonyl (C=O) groups is 2. The first kappa shape index (κ1) is 23.4. The lowest BCUT2D eigenvalue weighted by Crippen LogP contribution is -2.52. The largest absolute Gasteiger partial charge is 0.618 e. The number of benzene rings is 3. The van der Waals surface area contributed by atoms with Gasteiger partial charge in [-0.3, -0.25) is 4.79 Å². The Morgan fingerprint density at radius 1 is 0.833 bits per heavy atom. The number of carbonyl (C=O) groups excluding carboxylic acids is 2. The van der Waals surface area contributed by atoms with E-state index in [-0.39, 0.29) is 11.9 Å². The van der Waals surface area contributed by atoms with E-state index in [9.17, 15) is 14.8 Å². The number of nitrogens with zero attached hydrogens (tertiary/aromatic N) is 2. The van der Waals surface area contributed by atoms with Crippen molar-refractivity contribution in [2.24, 2.45) is 0 Å². The van der Waals surface area contributed by atoms with Crippen LogP contribution in [0.4, 0.5) is 16.2 Å². The van der Waals surface area contributed by atoms with Gasteiger partial charge >= 0.3 is 6.03 Å². The Kier molecular flexibility index (Phi) is 6.56. The standard InChI is InChI=1S/C28H23ClN4O3/c29-22-10-14-24(15-11-22)31-28(35)32-18-21-6-2-1-5-20(21)17-26(32)27(34)30-23-12-8-19(9-13-23)25-7-3-4-16-33(25)36/h1-16,26H,17-18H2,(H,30,34)(H,31,35). The van der Waals surface area contributed by atoms with Crippen LogP contribution in [0.3, 0.4) is 0 Å². The third-order valence-electron chi connectivity index (χ3n) is 6.18. The van der Waals surface area contributed by atoms with Crippen molar-refractivity contribution in [1.82, 2.24) is 4.90 Å². The summed E-state index contributed by atoms with van der Waals surface area (Å²) in [5.41, 5.74) is 4.46. The predicted octanol–water partition coefficient (Wildman–Crippen LogP) is 5.24. The van der Waals surface area contributed by atoms with Crippen LogP contribution in [0, 0.1) is 5.21 Å². The Morgan fingerprint density at radius 2 is 1.47 bits per heavy atom. The molecule has 0 aliphatic carbocycles. The molecule has 1 aliphatic heterocycles. The highest BCUT2D eigenvalue weighted by molar-refractivity contribution is 6.30. The number of halogens is 1. The number of urea groups is 1. The fourth-order valence-electron chi connectivity index (χ4n) is 4.30. The Bertz CT molecular complexity index is 1410. The van der Waals surface area contributed by atoms with Gasteiger partial charge in [0.05, 0.1) is 0 Å². The first-order valence-corrected chi connectivity index (χ1v) is 11.9. The first-order valence-electron chi connectivity index (χ1n) is 11.5. The van der Waals surface area contributed by atoms with Crippen LogP contribution in [-0.4, -0.2) is 22.9 Å². The number of pyridine rings is 1. The molecule has 3 aromatic carbocycles. The number of nitrogens with one attached hydrogen (secondary N) is 2. The van der Waals surface area contributed by atoms with E-state index >= 15 is 0 Å². The summed E-state index contributed by atoms with van der Waals surface area (Å²) in [5.74, 6) is -0.290. The van der Waals surface area contributed by atoms with Crippen molar-refractivity contribution in [2.75, 3.05) is 10.6 Å². The molecule has 36 heavy (non-hydrogen) atoms. The Hall–Kier alpha value is -4.36. The molecule has 0 bridgehead atoms. The third-order valence-corrected chi connectivity index (χ3v) is 6.43. The van der Waals surface area contributed by atoms with Crippen molar-refractivity contribution in [3.8, 4) is 11.3 Å². The van der Waals surface area contributed by atoms with E-state index in [1.54, 1.807) is 71.6 Å². The summed E-state index contributed by atoms with van der Waals surface area (Å²) in [6.07, 6.45) is 1.84. The summed E-state index contributed by atoms with van der Waals surface area (Å²) in [7, 11) is 0. The van der Waals surface area contributed by atoms with Gasteiger partial charge in [0.2, 0.25) is 11.6 Å². The second kappa shape index (κ2) is 10.1. The molecule has 1 aromatic heterocycles. The molecular formula is C28H23ClN4O3. The summed E-state index contributed by atoms with van der Waals surface area (Å²) in [5, 5.41) is 18.4. The molecule has 2 N–H and O–H groups in total. The summed E-state index contributed by atoms with van der Waals surface area (Å²) >= 11 is 5.95. The average molecular weight is 499 g/mol. The van der Waals surface area contributed by atoms with Gasteiger partial charge in [0.25, 0.3) is 0 Å². The second-order valence-corrected chi connectivity index (χ2v) is 8.97. The van der Waals surface area contributed by atoms with E-state index in [4.69, 9.17) is 11.6 Å². The molecule has 0 saturated carbocycles. The van der Waals surface area contributed by atoms with Crippen LogP contribution >= 0.6 is 11.6 Å². The fourth-order valence-corrected chi connectivity index (χ4v) is 4.43. The predicted molar refractivity (Wildman–Crippen MR) is 139 cm³/mol. The van der Waals surface area contributed by atoms with E-state index in [0.717, 1.165) is 21.4 Å². The minimum Gasteiger partial charge on any atom is -0.618 e. The molecule has 2 heterocycles. The molecule has 4 aromatic rings. The van der Waals surface area contributed by atoms with Crippen molar-refractivity contribution in [3.05, 3.63) is 119 Å². The molecule has 180 valence electrons. The maximum absolute atomic E-state index is 13.4. The highest BCUT2D eigenvalue weighted by Gasteiger charge is 2.34.